The number of aryl methyl sites for hydroxylation is 1. The molecular formula is C19H18N4O. The molecule has 1 aromatic heterocycles. The second-order valence-corrected chi connectivity index (χ2v) is 5.52. The summed E-state index contributed by atoms with van der Waals surface area (Å²) < 4.78 is 1.74. The second-order valence-electron chi connectivity index (χ2n) is 5.52. The third-order valence-corrected chi connectivity index (χ3v) is 3.47. The van der Waals surface area contributed by atoms with E-state index in [4.69, 9.17) is 0 Å². The van der Waals surface area contributed by atoms with E-state index >= 15 is 0 Å². The Morgan fingerprint density at radius 2 is 1.88 bits per heavy atom. The SMILES string of the molecule is Cc1ccc(NC(=O)/C=C/c2cn(Cc3ccccc3)nn2)cc1. The molecule has 120 valence electrons. The summed E-state index contributed by atoms with van der Waals surface area (Å²) in [5.41, 5.74) is 3.71. The van der Waals surface area contributed by atoms with Crippen molar-refractivity contribution in [2.75, 3.05) is 5.32 Å². The molecule has 0 saturated carbocycles. The molecule has 0 spiro atoms. The van der Waals surface area contributed by atoms with Crippen molar-refractivity contribution >= 4 is 17.7 Å². The van der Waals surface area contributed by atoms with Gasteiger partial charge in [-0.15, -0.1) is 5.10 Å². The van der Waals surface area contributed by atoms with Gasteiger partial charge in [-0.25, -0.2) is 4.68 Å². The summed E-state index contributed by atoms with van der Waals surface area (Å²) in [5, 5.41) is 10.9. The number of rotatable bonds is 5. The van der Waals surface area contributed by atoms with Crippen LogP contribution in [0.3, 0.4) is 0 Å². The van der Waals surface area contributed by atoms with Crippen LogP contribution in [-0.4, -0.2) is 20.9 Å². The molecule has 5 heteroatoms. The van der Waals surface area contributed by atoms with Crippen LogP contribution in [0.15, 0.2) is 66.9 Å². The molecule has 1 amide bonds. The first-order valence-corrected chi connectivity index (χ1v) is 7.69. The molecule has 1 N–H and O–H groups in total. The van der Waals surface area contributed by atoms with Crippen LogP contribution in [0, 0.1) is 6.92 Å². The summed E-state index contributed by atoms with van der Waals surface area (Å²) in [5.74, 6) is -0.198. The first-order chi connectivity index (χ1) is 11.7. The molecule has 0 aliphatic rings. The number of nitrogens with one attached hydrogen (secondary N) is 1. The molecule has 1 heterocycles. The molecular weight excluding hydrogens is 300 g/mol. The second kappa shape index (κ2) is 7.37. The minimum Gasteiger partial charge on any atom is -0.323 e. The third-order valence-electron chi connectivity index (χ3n) is 3.47. The number of hydrogen-bond donors (Lipinski definition) is 1. The number of anilines is 1. The molecule has 5 nitrogen and oxygen atoms in total. The van der Waals surface area contributed by atoms with Crippen LogP contribution < -0.4 is 5.32 Å². The summed E-state index contributed by atoms with van der Waals surface area (Å²) in [6.45, 7) is 2.65. The maximum Gasteiger partial charge on any atom is 0.248 e. The Balaban J connectivity index is 1.58. The smallest absolute Gasteiger partial charge is 0.248 e. The topological polar surface area (TPSA) is 59.8 Å². The maximum absolute atomic E-state index is 11.9. The lowest BCUT2D eigenvalue weighted by Crippen LogP contribution is -2.07. The predicted molar refractivity (Wildman–Crippen MR) is 94.4 cm³/mol. The first-order valence-electron chi connectivity index (χ1n) is 7.69. The van der Waals surface area contributed by atoms with Crippen molar-refractivity contribution in [3.8, 4) is 0 Å². The van der Waals surface area contributed by atoms with Crippen LogP contribution in [-0.2, 0) is 11.3 Å². The van der Waals surface area contributed by atoms with Gasteiger partial charge in [0.2, 0.25) is 5.91 Å². The van der Waals surface area contributed by atoms with E-state index in [0.29, 0.717) is 12.2 Å². The first kappa shape index (κ1) is 15.7. The normalized spacial score (nSPS) is 10.9. The predicted octanol–water partition coefficient (Wildman–Crippen LogP) is 3.29. The number of amides is 1. The Hall–Kier alpha value is -3.21. The van der Waals surface area contributed by atoms with Gasteiger partial charge in [-0.05, 0) is 30.7 Å². The lowest BCUT2D eigenvalue weighted by atomic mass is 10.2. The minimum atomic E-state index is -0.198. The summed E-state index contributed by atoms with van der Waals surface area (Å²) in [6, 6.07) is 17.7. The van der Waals surface area contributed by atoms with Gasteiger partial charge < -0.3 is 5.32 Å². The number of nitrogens with zero attached hydrogens (tertiary/aromatic N) is 3. The van der Waals surface area contributed by atoms with Crippen molar-refractivity contribution in [2.24, 2.45) is 0 Å². The highest BCUT2D eigenvalue weighted by Gasteiger charge is 2.01. The van der Waals surface area contributed by atoms with E-state index in [-0.39, 0.29) is 5.91 Å². The largest absolute Gasteiger partial charge is 0.323 e. The van der Waals surface area contributed by atoms with Gasteiger partial charge in [-0.3, -0.25) is 4.79 Å². The third kappa shape index (κ3) is 4.39. The average molecular weight is 318 g/mol. The number of carbonyl (C=O) groups excluding carboxylic acids is 1. The van der Waals surface area contributed by atoms with Gasteiger partial charge in [-0.1, -0.05) is 53.2 Å². The van der Waals surface area contributed by atoms with Crippen molar-refractivity contribution in [2.45, 2.75) is 13.5 Å². The van der Waals surface area contributed by atoms with Gasteiger partial charge in [0.15, 0.2) is 0 Å². The van der Waals surface area contributed by atoms with Crippen LogP contribution in [0.1, 0.15) is 16.8 Å². The van der Waals surface area contributed by atoms with Gasteiger partial charge in [0, 0.05) is 11.8 Å². The monoisotopic (exact) mass is 318 g/mol. The molecule has 24 heavy (non-hydrogen) atoms. The number of carbonyl (C=O) groups is 1. The van der Waals surface area contributed by atoms with Crippen molar-refractivity contribution in [1.82, 2.24) is 15.0 Å². The Kier molecular flexibility index (Phi) is 4.81. The number of hydrogen-bond acceptors (Lipinski definition) is 3. The number of aromatic nitrogens is 3. The summed E-state index contributed by atoms with van der Waals surface area (Å²) in [4.78, 5) is 11.9. The zero-order valence-corrected chi connectivity index (χ0v) is 13.4. The molecule has 3 aromatic rings. The summed E-state index contributed by atoms with van der Waals surface area (Å²) >= 11 is 0. The summed E-state index contributed by atoms with van der Waals surface area (Å²) in [7, 11) is 0. The van der Waals surface area contributed by atoms with Gasteiger partial charge in [-0.2, -0.15) is 0 Å². The molecule has 0 unspecified atom stereocenters. The van der Waals surface area contributed by atoms with Gasteiger partial charge >= 0.3 is 0 Å². The highest BCUT2D eigenvalue weighted by atomic mass is 16.1. The Bertz CT molecular complexity index is 835. The molecule has 3 rings (SSSR count). The average Bonchev–Trinajstić information content (AvgIpc) is 3.03. The number of benzene rings is 2. The van der Waals surface area contributed by atoms with Gasteiger partial charge in [0.1, 0.15) is 5.69 Å². The van der Waals surface area contributed by atoms with E-state index in [1.807, 2.05) is 67.7 Å². The van der Waals surface area contributed by atoms with Crippen LogP contribution in [0.2, 0.25) is 0 Å². The highest BCUT2D eigenvalue weighted by Crippen LogP contribution is 2.09. The molecule has 0 radical (unpaired) electrons. The van der Waals surface area contributed by atoms with Crippen molar-refractivity contribution in [1.29, 1.82) is 0 Å². The van der Waals surface area contributed by atoms with E-state index in [1.165, 1.54) is 6.08 Å². The lowest BCUT2D eigenvalue weighted by molar-refractivity contribution is -0.111. The molecule has 0 aliphatic heterocycles. The zero-order chi connectivity index (χ0) is 16.8. The van der Waals surface area contributed by atoms with E-state index in [2.05, 4.69) is 15.6 Å². The van der Waals surface area contributed by atoms with Gasteiger partial charge in [0.25, 0.3) is 0 Å². The maximum atomic E-state index is 11.9. The standard InChI is InChI=1S/C19H18N4O/c1-15-7-9-17(10-8-15)20-19(24)12-11-18-14-23(22-21-18)13-16-5-3-2-4-6-16/h2-12,14H,13H2,1H3,(H,20,24)/b12-11+. The molecule has 0 atom stereocenters. The van der Waals surface area contributed by atoms with E-state index in [1.54, 1.807) is 10.8 Å². The Labute approximate surface area is 140 Å². The van der Waals surface area contributed by atoms with Crippen LogP contribution in [0.25, 0.3) is 6.08 Å². The van der Waals surface area contributed by atoms with E-state index in [0.717, 1.165) is 16.8 Å². The van der Waals surface area contributed by atoms with Crippen LogP contribution in [0.4, 0.5) is 5.69 Å². The fourth-order valence-corrected chi connectivity index (χ4v) is 2.22. The molecule has 2 aromatic carbocycles. The van der Waals surface area contributed by atoms with Crippen LogP contribution >= 0.6 is 0 Å². The Morgan fingerprint density at radius 3 is 2.62 bits per heavy atom. The van der Waals surface area contributed by atoms with Crippen molar-refractivity contribution in [3.63, 3.8) is 0 Å². The zero-order valence-electron chi connectivity index (χ0n) is 13.4. The summed E-state index contributed by atoms with van der Waals surface area (Å²) in [6.07, 6.45) is 4.91. The van der Waals surface area contributed by atoms with Crippen LogP contribution in [0.5, 0.6) is 0 Å². The molecule has 0 saturated heterocycles. The highest BCUT2D eigenvalue weighted by molar-refractivity contribution is 6.01. The van der Waals surface area contributed by atoms with Crippen molar-refractivity contribution < 1.29 is 4.79 Å². The molecule has 0 fully saturated rings. The molecule has 0 bridgehead atoms. The fourth-order valence-electron chi connectivity index (χ4n) is 2.22. The van der Waals surface area contributed by atoms with E-state index < -0.39 is 0 Å². The van der Waals surface area contributed by atoms with Crippen molar-refractivity contribution in [3.05, 3.63) is 83.7 Å². The lowest BCUT2D eigenvalue weighted by Gasteiger charge is -2.01. The minimum absolute atomic E-state index is 0.198. The quantitative estimate of drug-likeness (QED) is 0.734. The van der Waals surface area contributed by atoms with Gasteiger partial charge in [0.05, 0.1) is 12.7 Å². The molecule has 0 aliphatic carbocycles. The fraction of sp³-hybridized carbons (Fsp3) is 0.105. The Morgan fingerprint density at radius 1 is 1.12 bits per heavy atom. The van der Waals surface area contributed by atoms with E-state index in [9.17, 15) is 4.79 Å².